The normalized spacial score (nSPS) is 25.3. The molecule has 3 rings (SSSR count). The maximum absolute atomic E-state index is 6.11. The molecular formula is C18H28N2. The van der Waals surface area contributed by atoms with Gasteiger partial charge >= 0.3 is 0 Å². The molecule has 20 heavy (non-hydrogen) atoms. The van der Waals surface area contributed by atoms with Crippen LogP contribution in [-0.4, -0.2) is 24.5 Å². The van der Waals surface area contributed by atoms with Gasteiger partial charge in [0, 0.05) is 19.1 Å². The molecule has 0 aromatic heterocycles. The van der Waals surface area contributed by atoms with Crippen LogP contribution >= 0.6 is 0 Å². The fraction of sp³-hybridized carbons (Fsp3) is 0.667. The SMILES string of the molecule is CC(C)C1CCN(C(CN)c2cccc(C3CC3)c2)C1. The summed E-state index contributed by atoms with van der Waals surface area (Å²) in [7, 11) is 0. The van der Waals surface area contributed by atoms with Crippen LogP contribution in [0.5, 0.6) is 0 Å². The number of nitrogens with two attached hydrogens (primary N) is 1. The standard InChI is InChI=1S/C18H28N2/c1-13(2)17-8-9-20(12-17)18(11-19)16-5-3-4-15(10-16)14-6-7-14/h3-5,10,13-14,17-18H,6-9,11-12,19H2,1-2H3. The van der Waals surface area contributed by atoms with E-state index in [0.717, 1.165) is 24.3 Å². The van der Waals surface area contributed by atoms with Gasteiger partial charge in [0.25, 0.3) is 0 Å². The molecule has 1 aromatic rings. The molecule has 2 heteroatoms. The minimum absolute atomic E-state index is 0.414. The molecule has 1 saturated carbocycles. The van der Waals surface area contributed by atoms with Crippen LogP contribution in [0.3, 0.4) is 0 Å². The molecule has 110 valence electrons. The first-order valence-electron chi connectivity index (χ1n) is 8.23. The highest BCUT2D eigenvalue weighted by Crippen LogP contribution is 2.41. The Bertz CT molecular complexity index is 450. The summed E-state index contributed by atoms with van der Waals surface area (Å²) >= 11 is 0. The summed E-state index contributed by atoms with van der Waals surface area (Å²) in [6.07, 6.45) is 4.07. The van der Waals surface area contributed by atoms with E-state index in [4.69, 9.17) is 5.73 Å². The van der Waals surface area contributed by atoms with Crippen molar-refractivity contribution in [3.63, 3.8) is 0 Å². The molecule has 1 heterocycles. The molecule has 2 aliphatic rings. The Morgan fingerprint density at radius 2 is 2.05 bits per heavy atom. The van der Waals surface area contributed by atoms with Gasteiger partial charge in [0.15, 0.2) is 0 Å². The highest BCUT2D eigenvalue weighted by Gasteiger charge is 2.30. The Balaban J connectivity index is 1.74. The molecule has 2 unspecified atom stereocenters. The van der Waals surface area contributed by atoms with Gasteiger partial charge in [-0.3, -0.25) is 4.90 Å². The van der Waals surface area contributed by atoms with Crippen molar-refractivity contribution >= 4 is 0 Å². The molecule has 0 bridgehead atoms. The molecular weight excluding hydrogens is 244 g/mol. The summed E-state index contributed by atoms with van der Waals surface area (Å²) in [5.74, 6) is 2.46. The van der Waals surface area contributed by atoms with Crippen molar-refractivity contribution in [1.29, 1.82) is 0 Å². The van der Waals surface area contributed by atoms with Gasteiger partial charge in [-0.05, 0) is 54.7 Å². The van der Waals surface area contributed by atoms with E-state index in [0.29, 0.717) is 6.04 Å². The van der Waals surface area contributed by atoms with Gasteiger partial charge in [0.05, 0.1) is 0 Å². The maximum atomic E-state index is 6.11. The van der Waals surface area contributed by atoms with E-state index in [1.807, 2.05) is 0 Å². The second-order valence-corrected chi connectivity index (χ2v) is 6.98. The molecule has 0 radical (unpaired) electrons. The van der Waals surface area contributed by atoms with E-state index in [-0.39, 0.29) is 0 Å². The first-order chi connectivity index (χ1) is 9.69. The summed E-state index contributed by atoms with van der Waals surface area (Å²) in [4.78, 5) is 2.61. The van der Waals surface area contributed by atoms with Gasteiger partial charge < -0.3 is 5.73 Å². The maximum Gasteiger partial charge on any atom is 0.0470 e. The third-order valence-electron chi connectivity index (χ3n) is 5.21. The van der Waals surface area contributed by atoms with Crippen LogP contribution < -0.4 is 5.73 Å². The second kappa shape index (κ2) is 5.87. The molecule has 0 amide bonds. The molecule has 1 aromatic carbocycles. The Labute approximate surface area is 123 Å². The number of hydrogen-bond acceptors (Lipinski definition) is 2. The van der Waals surface area contributed by atoms with Crippen molar-refractivity contribution in [3.8, 4) is 0 Å². The minimum Gasteiger partial charge on any atom is -0.329 e. The molecule has 1 aliphatic carbocycles. The number of benzene rings is 1. The molecule has 1 aliphatic heterocycles. The van der Waals surface area contributed by atoms with Crippen molar-refractivity contribution in [2.24, 2.45) is 17.6 Å². The average Bonchev–Trinajstić information content (AvgIpc) is 3.19. The third-order valence-corrected chi connectivity index (χ3v) is 5.21. The monoisotopic (exact) mass is 272 g/mol. The zero-order chi connectivity index (χ0) is 14.1. The van der Waals surface area contributed by atoms with Gasteiger partial charge in [-0.2, -0.15) is 0 Å². The van der Waals surface area contributed by atoms with Crippen molar-refractivity contribution in [1.82, 2.24) is 4.90 Å². The summed E-state index contributed by atoms with van der Waals surface area (Å²) in [6.45, 7) is 7.85. The summed E-state index contributed by atoms with van der Waals surface area (Å²) in [5.41, 5.74) is 9.07. The Morgan fingerprint density at radius 3 is 2.65 bits per heavy atom. The fourth-order valence-corrected chi connectivity index (χ4v) is 3.58. The molecule has 2 atom stereocenters. The summed E-state index contributed by atoms with van der Waals surface area (Å²) in [5, 5.41) is 0. The third kappa shape index (κ3) is 2.91. The van der Waals surface area contributed by atoms with Gasteiger partial charge in [-0.25, -0.2) is 0 Å². The molecule has 0 spiro atoms. The lowest BCUT2D eigenvalue weighted by molar-refractivity contribution is 0.232. The predicted octanol–water partition coefficient (Wildman–Crippen LogP) is 3.54. The average molecular weight is 272 g/mol. The summed E-state index contributed by atoms with van der Waals surface area (Å²) in [6, 6.07) is 9.61. The van der Waals surface area contributed by atoms with E-state index >= 15 is 0 Å². The lowest BCUT2D eigenvalue weighted by Crippen LogP contribution is -2.32. The van der Waals surface area contributed by atoms with E-state index in [2.05, 4.69) is 43.0 Å². The van der Waals surface area contributed by atoms with Crippen LogP contribution in [-0.2, 0) is 0 Å². The molecule has 2 N–H and O–H groups in total. The number of likely N-dealkylation sites (tertiary alicyclic amines) is 1. The predicted molar refractivity (Wildman–Crippen MR) is 84.7 cm³/mol. The minimum atomic E-state index is 0.414. The Kier molecular flexibility index (Phi) is 4.13. The topological polar surface area (TPSA) is 29.3 Å². The highest BCUT2D eigenvalue weighted by atomic mass is 15.2. The summed E-state index contributed by atoms with van der Waals surface area (Å²) < 4.78 is 0. The van der Waals surface area contributed by atoms with Crippen LogP contribution in [0.1, 0.15) is 56.2 Å². The lowest BCUT2D eigenvalue weighted by Gasteiger charge is -2.28. The second-order valence-electron chi connectivity index (χ2n) is 6.98. The molecule has 1 saturated heterocycles. The van der Waals surface area contributed by atoms with Crippen LogP contribution in [0.2, 0.25) is 0 Å². The first kappa shape index (κ1) is 14.1. The quantitative estimate of drug-likeness (QED) is 0.888. The smallest absolute Gasteiger partial charge is 0.0470 e. The first-order valence-corrected chi connectivity index (χ1v) is 8.23. The van der Waals surface area contributed by atoms with Crippen LogP contribution in [0.4, 0.5) is 0 Å². The van der Waals surface area contributed by atoms with E-state index in [1.54, 1.807) is 0 Å². The van der Waals surface area contributed by atoms with Crippen molar-refractivity contribution in [2.45, 2.75) is 45.1 Å². The Hall–Kier alpha value is -0.860. The van der Waals surface area contributed by atoms with Crippen molar-refractivity contribution < 1.29 is 0 Å². The van der Waals surface area contributed by atoms with E-state index in [1.165, 1.54) is 43.5 Å². The molecule has 2 nitrogen and oxygen atoms in total. The van der Waals surface area contributed by atoms with Crippen molar-refractivity contribution in [3.05, 3.63) is 35.4 Å². The Morgan fingerprint density at radius 1 is 1.25 bits per heavy atom. The molecule has 2 fully saturated rings. The van der Waals surface area contributed by atoms with Gasteiger partial charge in [0.2, 0.25) is 0 Å². The van der Waals surface area contributed by atoms with E-state index in [9.17, 15) is 0 Å². The van der Waals surface area contributed by atoms with Crippen molar-refractivity contribution in [2.75, 3.05) is 19.6 Å². The lowest BCUT2D eigenvalue weighted by atomic mass is 9.95. The number of hydrogen-bond donors (Lipinski definition) is 1. The highest BCUT2D eigenvalue weighted by molar-refractivity contribution is 5.31. The van der Waals surface area contributed by atoms with Gasteiger partial charge in [-0.15, -0.1) is 0 Å². The fourth-order valence-electron chi connectivity index (χ4n) is 3.58. The van der Waals surface area contributed by atoms with Crippen LogP contribution in [0, 0.1) is 11.8 Å². The van der Waals surface area contributed by atoms with E-state index < -0.39 is 0 Å². The largest absolute Gasteiger partial charge is 0.329 e. The zero-order valence-corrected chi connectivity index (χ0v) is 12.9. The van der Waals surface area contributed by atoms with Gasteiger partial charge in [0.1, 0.15) is 0 Å². The van der Waals surface area contributed by atoms with Crippen LogP contribution in [0.25, 0.3) is 0 Å². The zero-order valence-electron chi connectivity index (χ0n) is 12.9. The number of rotatable bonds is 5. The number of nitrogens with zero attached hydrogens (tertiary/aromatic N) is 1. The van der Waals surface area contributed by atoms with Crippen LogP contribution in [0.15, 0.2) is 24.3 Å². The van der Waals surface area contributed by atoms with Gasteiger partial charge in [-0.1, -0.05) is 38.1 Å².